The van der Waals surface area contributed by atoms with Crippen LogP contribution in [-0.4, -0.2) is 64.9 Å². The van der Waals surface area contributed by atoms with E-state index in [0.29, 0.717) is 10.5 Å². The van der Waals surface area contributed by atoms with Crippen molar-refractivity contribution in [3.63, 3.8) is 0 Å². The largest absolute Gasteiger partial charge is 0.467 e. The molecule has 0 aliphatic rings. The van der Waals surface area contributed by atoms with E-state index in [4.69, 9.17) is 18.9 Å². The summed E-state index contributed by atoms with van der Waals surface area (Å²) in [6.45, 7) is 9.34. The number of nitrogens with zero attached hydrogens (tertiary/aromatic N) is 1. The highest BCUT2D eigenvalue weighted by atomic mass is 16.6. The molecule has 0 unspecified atom stereocenters. The van der Waals surface area contributed by atoms with Crippen molar-refractivity contribution in [1.82, 2.24) is 4.90 Å². The average molecular weight is 534 g/mol. The van der Waals surface area contributed by atoms with Gasteiger partial charge >= 0.3 is 29.9 Å². The Morgan fingerprint density at radius 2 is 1.39 bits per heavy atom. The number of esters is 2. The molecule has 2 amide bonds. The van der Waals surface area contributed by atoms with Crippen LogP contribution in [0.15, 0.2) is 42.5 Å². The molecule has 0 aliphatic heterocycles. The van der Waals surface area contributed by atoms with Gasteiger partial charge in [0.05, 0.1) is 7.11 Å². The Morgan fingerprint density at radius 3 is 1.87 bits per heavy atom. The highest BCUT2D eigenvalue weighted by Gasteiger charge is 2.40. The minimum absolute atomic E-state index is 0.0556. The second-order valence-electron chi connectivity index (χ2n) is 10.1. The molecule has 0 saturated heterocycles. The molecule has 0 aromatic heterocycles. The maximum absolute atomic E-state index is 12.8. The van der Waals surface area contributed by atoms with Gasteiger partial charge in [-0.2, -0.15) is 4.90 Å². The van der Waals surface area contributed by atoms with Crippen molar-refractivity contribution in [3.05, 3.63) is 48.0 Å². The van der Waals surface area contributed by atoms with E-state index in [1.54, 1.807) is 71.9 Å². The lowest BCUT2D eigenvalue weighted by Gasteiger charge is -2.32. The molecule has 11 heteroatoms. The summed E-state index contributed by atoms with van der Waals surface area (Å²) in [5.74, 6) is -4.74. The lowest BCUT2D eigenvalue weighted by atomic mass is 10.1. The Labute approximate surface area is 222 Å². The molecule has 1 aromatic carbocycles. The zero-order valence-corrected chi connectivity index (χ0v) is 22.8. The number of benzene rings is 1. The number of ketones is 2. The first kappa shape index (κ1) is 32.0. The number of allylic oxidation sites excluding steroid dienone is 2. The lowest BCUT2D eigenvalue weighted by Crippen LogP contribution is -2.52. The van der Waals surface area contributed by atoms with Crippen molar-refractivity contribution in [1.29, 1.82) is 0 Å². The minimum Gasteiger partial charge on any atom is -0.467 e. The van der Waals surface area contributed by atoms with Crippen LogP contribution in [0.2, 0.25) is 0 Å². The van der Waals surface area contributed by atoms with Gasteiger partial charge in [-0.05, 0) is 66.0 Å². The minimum atomic E-state index is -1.46. The van der Waals surface area contributed by atoms with Crippen LogP contribution >= 0.6 is 0 Å². The second-order valence-corrected chi connectivity index (χ2v) is 10.1. The summed E-state index contributed by atoms with van der Waals surface area (Å²) < 4.78 is 20.2. The van der Waals surface area contributed by atoms with Gasteiger partial charge in [0.2, 0.25) is 5.78 Å². The number of hydrogen-bond acceptors (Lipinski definition) is 10. The number of hydrogen-bond donors (Lipinski definition) is 0. The van der Waals surface area contributed by atoms with Crippen LogP contribution in [0.3, 0.4) is 0 Å². The Balaban J connectivity index is 2.93. The third-order valence-corrected chi connectivity index (χ3v) is 4.46. The Morgan fingerprint density at radius 1 is 0.868 bits per heavy atom. The molecule has 208 valence electrons. The Hall–Kier alpha value is -4.02. The van der Waals surface area contributed by atoms with Gasteiger partial charge in [0.15, 0.2) is 0 Å². The molecule has 1 atom stereocenters. The van der Waals surface area contributed by atoms with Gasteiger partial charge in [0.1, 0.15) is 23.9 Å². The molecule has 11 nitrogen and oxygen atoms in total. The van der Waals surface area contributed by atoms with Crippen LogP contribution < -0.4 is 0 Å². The fourth-order valence-electron chi connectivity index (χ4n) is 2.85. The van der Waals surface area contributed by atoms with E-state index in [9.17, 15) is 28.8 Å². The van der Waals surface area contributed by atoms with Crippen molar-refractivity contribution in [3.8, 4) is 0 Å². The summed E-state index contributed by atoms with van der Waals surface area (Å²) in [7, 11) is 1.08. The van der Waals surface area contributed by atoms with Crippen LogP contribution in [0.4, 0.5) is 9.59 Å². The summed E-state index contributed by atoms with van der Waals surface area (Å²) in [4.78, 5) is 74.8. The predicted octanol–water partition coefficient (Wildman–Crippen LogP) is 3.92. The van der Waals surface area contributed by atoms with Gasteiger partial charge in [0.25, 0.3) is 0 Å². The molecule has 0 bridgehead atoms. The number of methoxy groups -OCH3 is 1. The maximum atomic E-state index is 12.8. The number of rotatable bonds is 10. The van der Waals surface area contributed by atoms with E-state index in [1.165, 1.54) is 6.08 Å². The monoisotopic (exact) mass is 533 g/mol. The van der Waals surface area contributed by atoms with E-state index in [-0.39, 0.29) is 19.4 Å². The normalized spacial score (nSPS) is 12.3. The third-order valence-electron chi connectivity index (χ3n) is 4.46. The van der Waals surface area contributed by atoms with E-state index in [2.05, 4.69) is 0 Å². The van der Waals surface area contributed by atoms with Crippen LogP contribution in [0.5, 0.6) is 0 Å². The first-order valence-electron chi connectivity index (χ1n) is 11.8. The molecule has 0 N–H and O–H groups in total. The number of ether oxygens (including phenoxy) is 4. The fourth-order valence-corrected chi connectivity index (χ4v) is 2.85. The zero-order valence-electron chi connectivity index (χ0n) is 22.8. The third kappa shape index (κ3) is 11.4. The Bertz CT molecular complexity index is 1020. The van der Waals surface area contributed by atoms with E-state index in [1.807, 2.05) is 0 Å². The summed E-state index contributed by atoms with van der Waals surface area (Å²) in [6.07, 6.45) is -0.423. The SMILES string of the molecule is COC(=O)[C@H](CC/C=C/C(=O)C(=O)C(=O)OCc1ccccc1)N(C(=O)OC(C)(C)C)C(=O)OC(C)(C)C. The smallest absolute Gasteiger partial charge is 0.420 e. The lowest BCUT2D eigenvalue weighted by molar-refractivity contribution is -0.156. The topological polar surface area (TPSA) is 143 Å². The van der Waals surface area contributed by atoms with Crippen molar-refractivity contribution < 1.29 is 47.7 Å². The van der Waals surface area contributed by atoms with Crippen LogP contribution in [-0.2, 0) is 44.7 Å². The van der Waals surface area contributed by atoms with E-state index >= 15 is 0 Å². The van der Waals surface area contributed by atoms with Gasteiger partial charge in [0, 0.05) is 0 Å². The number of imide groups is 1. The van der Waals surface area contributed by atoms with Crippen LogP contribution in [0, 0.1) is 0 Å². The molecule has 0 aliphatic carbocycles. The number of carbonyl (C=O) groups excluding carboxylic acids is 6. The molecule has 38 heavy (non-hydrogen) atoms. The number of amides is 2. The molecule has 0 fully saturated rings. The molecule has 0 radical (unpaired) electrons. The zero-order chi connectivity index (χ0) is 29.1. The number of carbonyl (C=O) groups is 6. The standard InChI is InChI=1S/C27H35NO10/c1-26(2,3)37-24(33)28(25(34)38-27(4,5)6)19(22(31)35-7)15-11-12-16-20(29)21(30)23(32)36-17-18-13-9-8-10-14-18/h8-10,12-14,16,19H,11,15,17H2,1-7H3/b16-12+/t19-/m0/s1. The van der Waals surface area contributed by atoms with Crippen molar-refractivity contribution in [2.24, 2.45) is 0 Å². The average Bonchev–Trinajstić information content (AvgIpc) is 2.81. The molecule has 0 heterocycles. The first-order chi connectivity index (χ1) is 17.6. The molecule has 1 rings (SSSR count). The second kappa shape index (κ2) is 14.1. The van der Waals surface area contributed by atoms with Crippen molar-refractivity contribution in [2.45, 2.75) is 78.2 Å². The molecular formula is C27H35NO10. The maximum Gasteiger partial charge on any atom is 0.420 e. The highest BCUT2D eigenvalue weighted by molar-refractivity contribution is 6.64. The summed E-state index contributed by atoms with van der Waals surface area (Å²) in [5.41, 5.74) is -1.33. The van der Waals surface area contributed by atoms with Gasteiger partial charge in [-0.25, -0.2) is 19.2 Å². The van der Waals surface area contributed by atoms with Crippen molar-refractivity contribution >= 4 is 35.7 Å². The Kier molecular flexibility index (Phi) is 11.8. The summed E-state index contributed by atoms with van der Waals surface area (Å²) >= 11 is 0. The van der Waals surface area contributed by atoms with Gasteiger partial charge in [-0.3, -0.25) is 9.59 Å². The molecule has 0 saturated carbocycles. The predicted molar refractivity (Wildman–Crippen MR) is 135 cm³/mol. The van der Waals surface area contributed by atoms with Gasteiger partial charge in [-0.15, -0.1) is 0 Å². The fraction of sp³-hybridized carbons (Fsp3) is 0.481. The summed E-state index contributed by atoms with van der Waals surface area (Å²) in [5, 5.41) is 0. The number of Topliss-reactive ketones (excluding diaryl/α,β-unsaturated/α-hetero) is 1. The molecule has 0 spiro atoms. The highest BCUT2D eigenvalue weighted by Crippen LogP contribution is 2.20. The van der Waals surface area contributed by atoms with Gasteiger partial charge in [-0.1, -0.05) is 36.4 Å². The van der Waals surface area contributed by atoms with Crippen molar-refractivity contribution in [2.75, 3.05) is 7.11 Å². The van der Waals surface area contributed by atoms with Gasteiger partial charge < -0.3 is 18.9 Å². The van der Waals surface area contributed by atoms with E-state index in [0.717, 1.165) is 13.2 Å². The summed E-state index contributed by atoms with van der Waals surface area (Å²) in [6, 6.07) is 7.15. The van der Waals surface area contributed by atoms with Crippen LogP contribution in [0.1, 0.15) is 59.9 Å². The van der Waals surface area contributed by atoms with E-state index < -0.39 is 52.9 Å². The quantitative estimate of drug-likeness (QED) is 0.143. The first-order valence-corrected chi connectivity index (χ1v) is 11.8. The molecule has 1 aromatic rings. The molecular weight excluding hydrogens is 498 g/mol. The van der Waals surface area contributed by atoms with Crippen LogP contribution in [0.25, 0.3) is 0 Å².